The van der Waals surface area contributed by atoms with E-state index in [4.69, 9.17) is 9.15 Å². The third-order valence-electron chi connectivity index (χ3n) is 3.98. The van der Waals surface area contributed by atoms with Crippen LogP contribution in [0, 0.1) is 0 Å². The van der Waals surface area contributed by atoms with Crippen molar-refractivity contribution in [1.29, 1.82) is 0 Å². The quantitative estimate of drug-likeness (QED) is 0.722. The maximum absolute atomic E-state index is 12.8. The predicted molar refractivity (Wildman–Crippen MR) is 89.3 cm³/mol. The van der Waals surface area contributed by atoms with Gasteiger partial charge in [0.15, 0.2) is 11.4 Å². The van der Waals surface area contributed by atoms with E-state index in [0.29, 0.717) is 11.5 Å². The molecule has 0 aliphatic rings. The van der Waals surface area contributed by atoms with Crippen molar-refractivity contribution < 1.29 is 13.9 Å². The highest BCUT2D eigenvalue weighted by atomic mass is 16.5. The maximum Gasteiger partial charge on any atom is 0.278 e. The molecule has 0 N–H and O–H groups in total. The lowest BCUT2D eigenvalue weighted by atomic mass is 10.2. The summed E-state index contributed by atoms with van der Waals surface area (Å²) < 4.78 is 12.4. The summed E-state index contributed by atoms with van der Waals surface area (Å²) in [6, 6.07) is 13.0. The van der Waals surface area contributed by atoms with Crippen molar-refractivity contribution in [3.8, 4) is 11.4 Å². The van der Waals surface area contributed by atoms with Crippen LogP contribution in [-0.4, -0.2) is 34.7 Å². The molecular weight excluding hydrogens is 306 g/mol. The second-order valence-electron chi connectivity index (χ2n) is 5.43. The molecule has 0 aliphatic heterocycles. The van der Waals surface area contributed by atoms with E-state index in [9.17, 15) is 4.79 Å². The lowest BCUT2D eigenvalue weighted by Gasteiger charge is -2.22. The topological polar surface area (TPSA) is 60.5 Å². The summed E-state index contributed by atoms with van der Waals surface area (Å²) in [4.78, 5) is 14.4. The third-order valence-corrected chi connectivity index (χ3v) is 3.98. The number of aromatic nitrogens is 2. The Morgan fingerprint density at radius 1 is 1.25 bits per heavy atom. The number of carbonyl (C=O) groups excluding carboxylic acids is 1. The van der Waals surface area contributed by atoms with Crippen molar-refractivity contribution in [2.45, 2.75) is 13.0 Å². The molecule has 2 heterocycles. The first kappa shape index (κ1) is 15.9. The van der Waals surface area contributed by atoms with Crippen LogP contribution < -0.4 is 4.74 Å². The van der Waals surface area contributed by atoms with Crippen LogP contribution in [0.3, 0.4) is 0 Å². The Balaban J connectivity index is 1.90. The normalized spacial score (nSPS) is 12.0. The molecular formula is C18H19N3O3. The first-order chi connectivity index (χ1) is 11.6. The second kappa shape index (κ2) is 6.62. The molecule has 1 unspecified atom stereocenters. The van der Waals surface area contributed by atoms with Gasteiger partial charge in [0, 0.05) is 7.05 Å². The molecule has 3 aromatic rings. The summed E-state index contributed by atoms with van der Waals surface area (Å²) in [5.74, 6) is 0.917. The molecule has 0 saturated carbocycles. The Kier molecular flexibility index (Phi) is 4.37. The number of furan rings is 1. The van der Waals surface area contributed by atoms with Gasteiger partial charge < -0.3 is 14.1 Å². The lowest BCUT2D eigenvalue weighted by Crippen LogP contribution is -2.30. The van der Waals surface area contributed by atoms with Crippen molar-refractivity contribution in [3.63, 3.8) is 0 Å². The first-order valence-electron chi connectivity index (χ1n) is 7.61. The molecule has 1 atom stereocenters. The van der Waals surface area contributed by atoms with Crippen molar-refractivity contribution in [1.82, 2.24) is 14.7 Å². The zero-order valence-corrected chi connectivity index (χ0v) is 13.8. The van der Waals surface area contributed by atoms with Crippen LogP contribution in [0.1, 0.15) is 29.2 Å². The summed E-state index contributed by atoms with van der Waals surface area (Å²) >= 11 is 0. The van der Waals surface area contributed by atoms with Gasteiger partial charge in [0.05, 0.1) is 31.3 Å². The number of rotatable bonds is 5. The molecule has 0 spiro atoms. The van der Waals surface area contributed by atoms with Crippen LogP contribution in [0.4, 0.5) is 0 Å². The summed E-state index contributed by atoms with van der Waals surface area (Å²) in [7, 11) is 3.25. The minimum atomic E-state index is -0.231. The second-order valence-corrected chi connectivity index (χ2v) is 5.43. The fraction of sp³-hybridized carbons (Fsp3) is 0.222. The Labute approximate surface area is 140 Å². The summed E-state index contributed by atoms with van der Waals surface area (Å²) in [6.07, 6.45) is 3.29. The standard InChI is InChI=1S/C18H19N3O3/c1-13(15-10-7-11-24-15)20(2)18(22)17-16(23-3)12-21(19-17)14-8-5-4-6-9-14/h4-13H,1-3H3. The largest absolute Gasteiger partial charge is 0.493 e. The van der Waals surface area contributed by atoms with E-state index in [2.05, 4.69) is 5.10 Å². The highest BCUT2D eigenvalue weighted by Crippen LogP contribution is 2.25. The number of benzene rings is 1. The van der Waals surface area contributed by atoms with E-state index in [0.717, 1.165) is 5.69 Å². The highest BCUT2D eigenvalue weighted by Gasteiger charge is 2.26. The van der Waals surface area contributed by atoms with Crippen LogP contribution >= 0.6 is 0 Å². The van der Waals surface area contributed by atoms with Crippen LogP contribution in [0.15, 0.2) is 59.3 Å². The highest BCUT2D eigenvalue weighted by molar-refractivity contribution is 5.95. The predicted octanol–water partition coefficient (Wildman–Crippen LogP) is 3.31. The van der Waals surface area contributed by atoms with Gasteiger partial charge in [-0.15, -0.1) is 0 Å². The van der Waals surface area contributed by atoms with Crippen molar-refractivity contribution >= 4 is 5.91 Å². The van der Waals surface area contributed by atoms with Crippen LogP contribution in [0.2, 0.25) is 0 Å². The van der Waals surface area contributed by atoms with Crippen molar-refractivity contribution in [2.75, 3.05) is 14.2 Å². The van der Waals surface area contributed by atoms with E-state index < -0.39 is 0 Å². The number of hydrogen-bond donors (Lipinski definition) is 0. The zero-order chi connectivity index (χ0) is 17.1. The number of para-hydroxylation sites is 1. The molecule has 1 aromatic carbocycles. The van der Waals surface area contributed by atoms with Crippen LogP contribution in [0.25, 0.3) is 5.69 Å². The Morgan fingerprint density at radius 2 is 2.00 bits per heavy atom. The van der Waals surface area contributed by atoms with Gasteiger partial charge in [0.25, 0.3) is 5.91 Å². The minimum Gasteiger partial charge on any atom is -0.493 e. The van der Waals surface area contributed by atoms with Crippen molar-refractivity contribution in [2.24, 2.45) is 0 Å². The molecule has 124 valence electrons. The first-order valence-corrected chi connectivity index (χ1v) is 7.61. The number of amides is 1. The Morgan fingerprint density at radius 3 is 2.62 bits per heavy atom. The minimum absolute atomic E-state index is 0.209. The number of methoxy groups -OCH3 is 1. The van der Waals surface area contributed by atoms with Gasteiger partial charge in [-0.3, -0.25) is 4.79 Å². The molecule has 6 nitrogen and oxygen atoms in total. The summed E-state index contributed by atoms with van der Waals surface area (Å²) in [5, 5.41) is 4.41. The van der Waals surface area contributed by atoms with Crippen LogP contribution in [-0.2, 0) is 0 Å². The van der Waals surface area contributed by atoms with E-state index in [-0.39, 0.29) is 17.6 Å². The summed E-state index contributed by atoms with van der Waals surface area (Å²) in [5.41, 5.74) is 1.12. The molecule has 0 radical (unpaired) electrons. The molecule has 24 heavy (non-hydrogen) atoms. The van der Waals surface area contributed by atoms with Gasteiger partial charge in [-0.2, -0.15) is 5.10 Å². The lowest BCUT2D eigenvalue weighted by molar-refractivity contribution is 0.0716. The third kappa shape index (κ3) is 2.90. The molecule has 2 aromatic heterocycles. The average molecular weight is 325 g/mol. The SMILES string of the molecule is COc1cn(-c2ccccc2)nc1C(=O)N(C)C(C)c1ccco1. The van der Waals surface area contributed by atoms with Crippen LogP contribution in [0.5, 0.6) is 5.75 Å². The zero-order valence-electron chi connectivity index (χ0n) is 13.8. The molecule has 0 aliphatic carbocycles. The molecule has 0 bridgehead atoms. The van der Waals surface area contributed by atoms with Gasteiger partial charge in [0.2, 0.25) is 0 Å². The monoisotopic (exact) mass is 325 g/mol. The maximum atomic E-state index is 12.8. The van der Waals surface area contributed by atoms with Crippen molar-refractivity contribution in [3.05, 3.63) is 66.4 Å². The van der Waals surface area contributed by atoms with Gasteiger partial charge in [-0.1, -0.05) is 18.2 Å². The average Bonchev–Trinajstić information content (AvgIpc) is 3.30. The van der Waals surface area contributed by atoms with E-state index >= 15 is 0 Å². The van der Waals surface area contributed by atoms with E-state index in [1.807, 2.05) is 43.3 Å². The van der Waals surface area contributed by atoms with Gasteiger partial charge >= 0.3 is 0 Å². The van der Waals surface area contributed by atoms with Gasteiger partial charge in [0.1, 0.15) is 5.76 Å². The molecule has 1 amide bonds. The fourth-order valence-electron chi connectivity index (χ4n) is 2.43. The smallest absolute Gasteiger partial charge is 0.278 e. The fourth-order valence-corrected chi connectivity index (χ4v) is 2.43. The number of hydrogen-bond acceptors (Lipinski definition) is 4. The molecule has 0 fully saturated rings. The molecule has 3 rings (SSSR count). The van der Waals surface area contributed by atoms with Gasteiger partial charge in [-0.05, 0) is 31.2 Å². The number of nitrogens with zero attached hydrogens (tertiary/aromatic N) is 3. The molecule has 6 heteroatoms. The Bertz CT molecular complexity index is 809. The number of ether oxygens (including phenoxy) is 1. The Hall–Kier alpha value is -3.02. The summed E-state index contributed by atoms with van der Waals surface area (Å²) in [6.45, 7) is 1.90. The van der Waals surface area contributed by atoms with Gasteiger partial charge in [-0.25, -0.2) is 4.68 Å². The van der Waals surface area contributed by atoms with E-state index in [1.54, 1.807) is 35.2 Å². The molecule has 0 saturated heterocycles. The van der Waals surface area contributed by atoms with E-state index in [1.165, 1.54) is 7.11 Å². The number of carbonyl (C=O) groups is 1.